The molecule has 2 rings (SSSR count). The second kappa shape index (κ2) is 2.83. The van der Waals surface area contributed by atoms with Crippen LogP contribution in [0, 0.1) is 0 Å². The molecule has 14 heavy (non-hydrogen) atoms. The first-order valence-corrected chi connectivity index (χ1v) is 5.26. The molecule has 0 radical (unpaired) electrons. The minimum absolute atomic E-state index is 0.137. The summed E-state index contributed by atoms with van der Waals surface area (Å²) in [6.45, 7) is 6.21. The van der Waals surface area contributed by atoms with E-state index >= 15 is 0 Å². The molecule has 1 aromatic rings. The van der Waals surface area contributed by atoms with Crippen molar-refractivity contribution >= 4 is 0 Å². The molecule has 1 nitrogen and oxygen atoms in total. The molecule has 1 atom stereocenters. The van der Waals surface area contributed by atoms with E-state index in [4.69, 9.17) is 0 Å². The van der Waals surface area contributed by atoms with Crippen LogP contribution in [0.15, 0.2) is 24.3 Å². The van der Waals surface area contributed by atoms with Crippen molar-refractivity contribution in [1.82, 2.24) is 0 Å². The Hall–Kier alpha value is -0.820. The maximum Gasteiger partial charge on any atom is 0.0713 e. The van der Waals surface area contributed by atoms with E-state index in [0.717, 1.165) is 12.8 Å². The maximum absolute atomic E-state index is 10.3. The van der Waals surface area contributed by atoms with E-state index in [2.05, 4.69) is 38.1 Å². The Balaban J connectivity index is 2.57. The summed E-state index contributed by atoms with van der Waals surface area (Å²) in [7, 11) is 0. The molecule has 0 saturated carbocycles. The molecule has 1 unspecified atom stereocenters. The largest absolute Gasteiger partial charge is 0.389 e. The first-order chi connectivity index (χ1) is 6.45. The highest BCUT2D eigenvalue weighted by Crippen LogP contribution is 2.43. The summed E-state index contributed by atoms with van der Waals surface area (Å²) in [4.78, 5) is 0. The van der Waals surface area contributed by atoms with E-state index in [0.29, 0.717) is 0 Å². The lowest BCUT2D eigenvalue weighted by molar-refractivity contribution is -0.0229. The molecule has 1 heteroatoms. The summed E-state index contributed by atoms with van der Waals surface area (Å²) in [5.41, 5.74) is 1.98. The molecular formula is C13H18O. The quantitative estimate of drug-likeness (QED) is 0.667. The van der Waals surface area contributed by atoms with Crippen LogP contribution >= 0.6 is 0 Å². The van der Waals surface area contributed by atoms with Gasteiger partial charge in [0.05, 0.1) is 5.60 Å². The van der Waals surface area contributed by atoms with Crippen LogP contribution in [0.3, 0.4) is 0 Å². The Morgan fingerprint density at radius 1 is 1.14 bits per heavy atom. The van der Waals surface area contributed by atoms with Gasteiger partial charge in [-0.15, -0.1) is 0 Å². The van der Waals surface area contributed by atoms with Crippen LogP contribution in [0.1, 0.15) is 38.3 Å². The number of benzene rings is 1. The average Bonchev–Trinajstić information content (AvgIpc) is 2.13. The van der Waals surface area contributed by atoms with Gasteiger partial charge in [-0.3, -0.25) is 0 Å². The van der Waals surface area contributed by atoms with Crippen molar-refractivity contribution in [2.75, 3.05) is 0 Å². The predicted molar refractivity (Wildman–Crippen MR) is 58.4 cm³/mol. The zero-order valence-corrected chi connectivity index (χ0v) is 9.17. The number of fused-ring (bicyclic) bond motifs is 1. The third-order valence-electron chi connectivity index (χ3n) is 3.92. The van der Waals surface area contributed by atoms with Crippen LogP contribution in [0.4, 0.5) is 0 Å². The standard InChI is InChI=1S/C13H18O/c1-12(2)11-7-5-4-6-10(11)8-9-13(12,3)14/h4-7,14H,8-9H2,1-3H3. The number of hydrogen-bond donors (Lipinski definition) is 1. The molecule has 0 spiro atoms. The van der Waals surface area contributed by atoms with Crippen LogP contribution in [0.2, 0.25) is 0 Å². The van der Waals surface area contributed by atoms with E-state index < -0.39 is 5.60 Å². The summed E-state index contributed by atoms with van der Waals surface area (Å²) in [6, 6.07) is 8.45. The van der Waals surface area contributed by atoms with Crippen molar-refractivity contribution < 1.29 is 5.11 Å². The van der Waals surface area contributed by atoms with Crippen molar-refractivity contribution in [3.8, 4) is 0 Å². The summed E-state index contributed by atoms with van der Waals surface area (Å²) in [5.74, 6) is 0. The third-order valence-corrected chi connectivity index (χ3v) is 3.92. The summed E-state index contributed by atoms with van der Waals surface area (Å²) in [5, 5.41) is 10.3. The Morgan fingerprint density at radius 3 is 2.50 bits per heavy atom. The van der Waals surface area contributed by atoms with Gasteiger partial charge in [-0.05, 0) is 30.9 Å². The Labute approximate surface area is 85.8 Å². The minimum atomic E-state index is -0.582. The van der Waals surface area contributed by atoms with E-state index in [1.54, 1.807) is 0 Å². The highest BCUT2D eigenvalue weighted by molar-refractivity contribution is 5.38. The zero-order valence-electron chi connectivity index (χ0n) is 9.17. The van der Waals surface area contributed by atoms with Crippen molar-refractivity contribution in [1.29, 1.82) is 0 Å². The van der Waals surface area contributed by atoms with Gasteiger partial charge in [0, 0.05) is 5.41 Å². The number of aliphatic hydroxyl groups is 1. The van der Waals surface area contributed by atoms with Crippen molar-refractivity contribution in [3.63, 3.8) is 0 Å². The predicted octanol–water partition coefficient (Wildman–Crippen LogP) is 2.66. The van der Waals surface area contributed by atoms with E-state index in [1.165, 1.54) is 11.1 Å². The van der Waals surface area contributed by atoms with Crippen LogP contribution in [0.25, 0.3) is 0 Å². The smallest absolute Gasteiger partial charge is 0.0713 e. The third kappa shape index (κ3) is 1.19. The van der Waals surface area contributed by atoms with Gasteiger partial charge >= 0.3 is 0 Å². The first-order valence-electron chi connectivity index (χ1n) is 5.26. The van der Waals surface area contributed by atoms with Crippen LogP contribution in [-0.2, 0) is 11.8 Å². The molecule has 0 heterocycles. The van der Waals surface area contributed by atoms with E-state index in [1.807, 2.05) is 6.92 Å². The summed E-state index contributed by atoms with van der Waals surface area (Å²) >= 11 is 0. The average molecular weight is 190 g/mol. The normalized spacial score (nSPS) is 29.7. The maximum atomic E-state index is 10.3. The molecule has 0 saturated heterocycles. The molecule has 1 N–H and O–H groups in total. The SMILES string of the molecule is CC1(O)CCc2ccccc2C1(C)C. The lowest BCUT2D eigenvalue weighted by atomic mass is 9.63. The van der Waals surface area contributed by atoms with Crippen molar-refractivity contribution in [2.24, 2.45) is 0 Å². The Morgan fingerprint density at radius 2 is 1.79 bits per heavy atom. The molecule has 1 aromatic carbocycles. The molecular weight excluding hydrogens is 172 g/mol. The highest BCUT2D eigenvalue weighted by atomic mass is 16.3. The minimum Gasteiger partial charge on any atom is -0.389 e. The second-order valence-electron chi connectivity index (χ2n) is 5.06. The molecule has 1 aliphatic carbocycles. The van der Waals surface area contributed by atoms with Gasteiger partial charge in [0.1, 0.15) is 0 Å². The summed E-state index contributed by atoms with van der Waals surface area (Å²) in [6.07, 6.45) is 1.85. The van der Waals surface area contributed by atoms with Crippen LogP contribution < -0.4 is 0 Å². The van der Waals surface area contributed by atoms with Gasteiger partial charge in [0.25, 0.3) is 0 Å². The molecule has 0 aliphatic heterocycles. The second-order valence-corrected chi connectivity index (χ2v) is 5.06. The number of aryl methyl sites for hydroxylation is 1. The van der Waals surface area contributed by atoms with Gasteiger partial charge in [-0.1, -0.05) is 38.1 Å². The highest BCUT2D eigenvalue weighted by Gasteiger charge is 2.44. The first kappa shape index (κ1) is 9.72. The van der Waals surface area contributed by atoms with Gasteiger partial charge in [0.2, 0.25) is 0 Å². The monoisotopic (exact) mass is 190 g/mol. The molecule has 0 aromatic heterocycles. The summed E-state index contributed by atoms with van der Waals surface area (Å²) < 4.78 is 0. The van der Waals surface area contributed by atoms with Crippen molar-refractivity contribution in [2.45, 2.75) is 44.6 Å². The molecule has 0 amide bonds. The number of hydrogen-bond acceptors (Lipinski definition) is 1. The fourth-order valence-corrected chi connectivity index (χ4v) is 2.33. The van der Waals surface area contributed by atoms with E-state index in [-0.39, 0.29) is 5.41 Å². The van der Waals surface area contributed by atoms with E-state index in [9.17, 15) is 5.11 Å². The Kier molecular flexibility index (Phi) is 1.97. The van der Waals surface area contributed by atoms with Crippen LogP contribution in [0.5, 0.6) is 0 Å². The Bertz CT molecular complexity index is 350. The topological polar surface area (TPSA) is 20.2 Å². The fraction of sp³-hybridized carbons (Fsp3) is 0.538. The zero-order chi connectivity index (χ0) is 10.4. The van der Waals surface area contributed by atoms with Crippen molar-refractivity contribution in [3.05, 3.63) is 35.4 Å². The molecule has 1 aliphatic rings. The van der Waals surface area contributed by atoms with Crippen LogP contribution in [-0.4, -0.2) is 10.7 Å². The lowest BCUT2D eigenvalue weighted by Crippen LogP contribution is -2.48. The molecule has 76 valence electrons. The lowest BCUT2D eigenvalue weighted by Gasteiger charge is -2.45. The molecule has 0 fully saturated rings. The van der Waals surface area contributed by atoms with Gasteiger partial charge in [0.15, 0.2) is 0 Å². The van der Waals surface area contributed by atoms with Gasteiger partial charge in [-0.25, -0.2) is 0 Å². The fourth-order valence-electron chi connectivity index (χ4n) is 2.33. The van der Waals surface area contributed by atoms with Gasteiger partial charge < -0.3 is 5.11 Å². The molecule has 0 bridgehead atoms. The van der Waals surface area contributed by atoms with Gasteiger partial charge in [-0.2, -0.15) is 0 Å². The number of rotatable bonds is 0.